The van der Waals surface area contributed by atoms with Crippen molar-refractivity contribution in [1.29, 1.82) is 0 Å². The third-order valence-corrected chi connectivity index (χ3v) is 5.03. The van der Waals surface area contributed by atoms with Gasteiger partial charge in [0, 0.05) is 29.8 Å². The Balaban J connectivity index is 1.56. The van der Waals surface area contributed by atoms with Gasteiger partial charge in [-0.15, -0.1) is 0 Å². The molecular formula is C23H17N3O6. The monoisotopic (exact) mass is 431 g/mol. The van der Waals surface area contributed by atoms with Crippen molar-refractivity contribution in [3.8, 4) is 0 Å². The second-order valence-electron chi connectivity index (χ2n) is 7.15. The molecule has 1 amide bonds. The molecule has 1 N–H and O–H groups in total. The molecule has 0 saturated carbocycles. The number of ether oxygens (including phenoxy) is 1. The van der Waals surface area contributed by atoms with Gasteiger partial charge in [0.2, 0.25) is 0 Å². The molecule has 160 valence electrons. The lowest BCUT2D eigenvalue weighted by Crippen LogP contribution is -2.32. The summed E-state index contributed by atoms with van der Waals surface area (Å²) in [7, 11) is 1.38. The fourth-order valence-electron chi connectivity index (χ4n) is 3.37. The number of fused-ring (bicyclic) bond motifs is 2. The molecule has 0 saturated heterocycles. The van der Waals surface area contributed by atoms with E-state index in [4.69, 9.17) is 4.74 Å². The molecule has 1 heterocycles. The summed E-state index contributed by atoms with van der Waals surface area (Å²) >= 11 is 0. The normalized spacial score (nSPS) is 13.1. The quantitative estimate of drug-likeness (QED) is 0.488. The molecule has 1 atom stereocenters. The van der Waals surface area contributed by atoms with Crippen LogP contribution in [0.15, 0.2) is 59.4 Å². The predicted octanol–water partition coefficient (Wildman–Crippen LogP) is 1.74. The van der Waals surface area contributed by atoms with Crippen LogP contribution in [-0.4, -0.2) is 39.3 Å². The van der Waals surface area contributed by atoms with Gasteiger partial charge in [-0.1, -0.05) is 36.4 Å². The Kier molecular flexibility index (Phi) is 5.23. The second kappa shape index (κ2) is 8.03. The first-order chi connectivity index (χ1) is 15.3. The summed E-state index contributed by atoms with van der Waals surface area (Å²) in [5.41, 5.74) is 0.438. The lowest BCUT2D eigenvalue weighted by Gasteiger charge is -2.21. The third kappa shape index (κ3) is 3.60. The first-order valence-electron chi connectivity index (χ1n) is 9.65. The van der Waals surface area contributed by atoms with Crippen molar-refractivity contribution < 1.29 is 23.9 Å². The van der Waals surface area contributed by atoms with Crippen molar-refractivity contribution in [2.75, 3.05) is 5.32 Å². The number of ketones is 2. The maximum Gasteiger partial charge on any atom is 0.359 e. The fraction of sp³-hybridized carbons (Fsp3) is 0.130. The van der Waals surface area contributed by atoms with Crippen molar-refractivity contribution in [3.05, 3.63) is 92.9 Å². The van der Waals surface area contributed by atoms with Crippen molar-refractivity contribution in [2.24, 2.45) is 7.05 Å². The van der Waals surface area contributed by atoms with Crippen LogP contribution in [0.1, 0.15) is 49.3 Å². The van der Waals surface area contributed by atoms with E-state index < -0.39 is 23.5 Å². The molecule has 1 aliphatic carbocycles. The largest absolute Gasteiger partial charge is 0.448 e. The highest BCUT2D eigenvalue weighted by Crippen LogP contribution is 2.32. The van der Waals surface area contributed by atoms with Gasteiger partial charge in [-0.25, -0.2) is 9.48 Å². The maximum atomic E-state index is 13.0. The van der Waals surface area contributed by atoms with Gasteiger partial charge >= 0.3 is 5.97 Å². The highest BCUT2D eigenvalue weighted by molar-refractivity contribution is 6.30. The van der Waals surface area contributed by atoms with E-state index in [1.54, 1.807) is 30.3 Å². The lowest BCUT2D eigenvalue weighted by atomic mass is 9.83. The van der Waals surface area contributed by atoms with Crippen LogP contribution in [-0.2, 0) is 16.6 Å². The molecular weight excluding hydrogens is 414 g/mol. The number of nitrogens with one attached hydrogen (secondary N) is 1. The minimum Gasteiger partial charge on any atom is -0.448 e. The average Bonchev–Trinajstić information content (AvgIpc) is 2.79. The van der Waals surface area contributed by atoms with Crippen LogP contribution in [0.3, 0.4) is 0 Å². The first-order valence-corrected chi connectivity index (χ1v) is 9.65. The van der Waals surface area contributed by atoms with Crippen LogP contribution in [0.5, 0.6) is 0 Å². The van der Waals surface area contributed by atoms with Gasteiger partial charge in [0.15, 0.2) is 23.4 Å². The number of amides is 1. The Bertz CT molecular complexity index is 1360. The Labute approximate surface area is 181 Å². The van der Waals surface area contributed by atoms with Crippen molar-refractivity contribution in [2.45, 2.75) is 13.0 Å². The molecule has 0 bridgehead atoms. The summed E-state index contributed by atoms with van der Waals surface area (Å²) in [4.78, 5) is 62.2. The summed E-state index contributed by atoms with van der Waals surface area (Å²) in [5.74, 6) is -2.29. The van der Waals surface area contributed by atoms with Crippen LogP contribution in [0.2, 0.25) is 0 Å². The lowest BCUT2D eigenvalue weighted by molar-refractivity contribution is -0.123. The van der Waals surface area contributed by atoms with E-state index in [0.29, 0.717) is 5.56 Å². The number of nitrogens with zero attached hydrogens (tertiary/aromatic N) is 2. The number of carbonyl (C=O) groups is 4. The Morgan fingerprint density at radius 3 is 2.25 bits per heavy atom. The molecule has 32 heavy (non-hydrogen) atoms. The summed E-state index contributed by atoms with van der Waals surface area (Å²) in [6, 6.07) is 13.4. The van der Waals surface area contributed by atoms with Crippen LogP contribution >= 0.6 is 0 Å². The van der Waals surface area contributed by atoms with Crippen LogP contribution in [0, 0.1) is 0 Å². The summed E-state index contributed by atoms with van der Waals surface area (Å²) in [6.45, 7) is 1.35. The van der Waals surface area contributed by atoms with E-state index in [1.807, 2.05) is 0 Å². The Morgan fingerprint density at radius 2 is 1.56 bits per heavy atom. The predicted molar refractivity (Wildman–Crippen MR) is 113 cm³/mol. The van der Waals surface area contributed by atoms with Gasteiger partial charge in [-0.05, 0) is 19.1 Å². The Morgan fingerprint density at radius 1 is 0.906 bits per heavy atom. The van der Waals surface area contributed by atoms with E-state index in [1.165, 1.54) is 32.2 Å². The molecule has 0 aliphatic heterocycles. The number of aromatic nitrogens is 2. The van der Waals surface area contributed by atoms with Crippen LogP contribution in [0.25, 0.3) is 0 Å². The first kappa shape index (κ1) is 20.9. The molecule has 1 aliphatic rings. The number of anilines is 1. The van der Waals surface area contributed by atoms with Gasteiger partial charge in [0.25, 0.3) is 11.5 Å². The number of hydrogen-bond acceptors (Lipinski definition) is 7. The van der Waals surface area contributed by atoms with Crippen LogP contribution < -0.4 is 10.9 Å². The molecule has 0 fully saturated rings. The van der Waals surface area contributed by atoms with Gasteiger partial charge in [-0.3, -0.25) is 19.2 Å². The van der Waals surface area contributed by atoms with Gasteiger partial charge < -0.3 is 10.1 Å². The zero-order chi connectivity index (χ0) is 23.0. The van der Waals surface area contributed by atoms with E-state index in [0.717, 1.165) is 10.7 Å². The summed E-state index contributed by atoms with van der Waals surface area (Å²) < 4.78 is 6.10. The molecule has 0 spiro atoms. The van der Waals surface area contributed by atoms with E-state index >= 15 is 0 Å². The Hall–Kier alpha value is -4.40. The molecule has 9 nitrogen and oxygen atoms in total. The fourth-order valence-corrected chi connectivity index (χ4v) is 3.37. The van der Waals surface area contributed by atoms with Crippen LogP contribution in [0.4, 0.5) is 5.69 Å². The van der Waals surface area contributed by atoms with E-state index in [-0.39, 0.29) is 39.6 Å². The number of esters is 1. The summed E-state index contributed by atoms with van der Waals surface area (Å²) in [6.07, 6.45) is -1.24. The molecule has 2 aromatic carbocycles. The number of hydrogen-bond donors (Lipinski definition) is 1. The highest BCUT2D eigenvalue weighted by atomic mass is 16.5. The smallest absolute Gasteiger partial charge is 0.359 e. The molecule has 1 unspecified atom stereocenters. The van der Waals surface area contributed by atoms with E-state index in [2.05, 4.69) is 10.4 Å². The summed E-state index contributed by atoms with van der Waals surface area (Å²) in [5, 5.41) is 6.35. The zero-order valence-corrected chi connectivity index (χ0v) is 17.1. The molecule has 0 radical (unpaired) electrons. The molecule has 1 aromatic heterocycles. The van der Waals surface area contributed by atoms with E-state index in [9.17, 15) is 24.0 Å². The highest BCUT2D eigenvalue weighted by Gasteiger charge is 2.32. The molecule has 4 rings (SSSR count). The van der Waals surface area contributed by atoms with Gasteiger partial charge in [0.1, 0.15) is 0 Å². The van der Waals surface area contributed by atoms with Crippen molar-refractivity contribution >= 4 is 29.1 Å². The average molecular weight is 431 g/mol. The minimum absolute atomic E-state index is 0.0859. The van der Waals surface area contributed by atoms with Crippen molar-refractivity contribution in [1.82, 2.24) is 9.78 Å². The molecule has 9 heteroatoms. The second-order valence-corrected chi connectivity index (χ2v) is 7.15. The SMILES string of the molecule is CC(OC(=O)c1ccc(=O)n(C)n1)C(=O)Nc1cccc2c1C(=O)c1ccccc1C2=O. The molecule has 3 aromatic rings. The number of rotatable bonds is 4. The number of carbonyl (C=O) groups excluding carboxylic acids is 4. The third-order valence-electron chi connectivity index (χ3n) is 5.03. The number of aryl methyl sites for hydroxylation is 1. The number of benzene rings is 2. The zero-order valence-electron chi connectivity index (χ0n) is 17.1. The van der Waals surface area contributed by atoms with Gasteiger partial charge in [0.05, 0.1) is 11.3 Å². The van der Waals surface area contributed by atoms with Gasteiger partial charge in [-0.2, -0.15) is 5.10 Å². The minimum atomic E-state index is -1.24. The topological polar surface area (TPSA) is 124 Å². The standard InChI is InChI=1S/C23H17N3O6/c1-12(32-23(31)17-10-11-18(27)26(2)25-17)22(30)24-16-9-5-8-15-19(16)21(29)14-7-4-3-6-13(14)20(15)28/h3-12H,1-2H3,(H,24,30). The van der Waals surface area contributed by atoms with Crippen molar-refractivity contribution in [3.63, 3.8) is 0 Å². The maximum absolute atomic E-state index is 13.0.